The molecule has 0 amide bonds. The minimum atomic E-state index is 0.702. The molecule has 0 spiro atoms. The fourth-order valence-electron chi connectivity index (χ4n) is 1.75. The number of rotatable bonds is 2. The van der Waals surface area contributed by atoms with Crippen molar-refractivity contribution in [1.82, 2.24) is 0 Å². The summed E-state index contributed by atoms with van der Waals surface area (Å²) in [4.78, 5) is 10.9. The van der Waals surface area contributed by atoms with Crippen LogP contribution in [0.15, 0.2) is 42.5 Å². The summed E-state index contributed by atoms with van der Waals surface area (Å²) in [5.74, 6) is 0. The van der Waals surface area contributed by atoms with E-state index in [1.54, 1.807) is 0 Å². The predicted octanol–water partition coefficient (Wildman–Crippen LogP) is 4.13. The highest BCUT2D eigenvalue weighted by atomic mass is 35.5. The molecule has 0 radical (unpaired) electrons. The molecule has 0 atom stereocenters. The van der Waals surface area contributed by atoms with Crippen molar-refractivity contribution >= 4 is 17.9 Å². The first-order chi connectivity index (χ1) is 7.72. The highest BCUT2D eigenvalue weighted by molar-refractivity contribution is 6.30. The first-order valence-electron chi connectivity index (χ1n) is 5.03. The molecule has 2 heteroatoms. The van der Waals surface area contributed by atoms with Crippen LogP contribution in [0.1, 0.15) is 15.9 Å². The summed E-state index contributed by atoms with van der Waals surface area (Å²) in [6.45, 7) is 1.94. The predicted molar refractivity (Wildman–Crippen MR) is 67.0 cm³/mol. The molecule has 0 saturated carbocycles. The summed E-state index contributed by atoms with van der Waals surface area (Å²) in [5.41, 5.74) is 3.79. The summed E-state index contributed by atoms with van der Waals surface area (Å²) in [6.07, 6.45) is 0.878. The molecule has 0 bridgehead atoms. The van der Waals surface area contributed by atoms with Crippen LogP contribution in [0.4, 0.5) is 0 Å². The van der Waals surface area contributed by atoms with Gasteiger partial charge in [-0.1, -0.05) is 41.9 Å². The van der Waals surface area contributed by atoms with E-state index in [4.69, 9.17) is 11.6 Å². The lowest BCUT2D eigenvalue weighted by molar-refractivity contribution is 0.112. The maximum atomic E-state index is 10.9. The Morgan fingerprint density at radius 2 is 1.88 bits per heavy atom. The molecule has 16 heavy (non-hydrogen) atoms. The molecule has 0 heterocycles. The molecule has 2 aromatic carbocycles. The first-order valence-corrected chi connectivity index (χ1v) is 5.41. The Kier molecular flexibility index (Phi) is 3.07. The minimum Gasteiger partial charge on any atom is -0.298 e. The van der Waals surface area contributed by atoms with Gasteiger partial charge in [0.25, 0.3) is 0 Å². The van der Waals surface area contributed by atoms with E-state index in [0.717, 1.165) is 28.5 Å². The molecule has 0 unspecified atom stereocenters. The van der Waals surface area contributed by atoms with Gasteiger partial charge in [0, 0.05) is 10.6 Å². The SMILES string of the molecule is Cc1c(C=O)cccc1-c1cccc(Cl)c1. The molecule has 0 N–H and O–H groups in total. The number of hydrogen-bond donors (Lipinski definition) is 0. The average molecular weight is 231 g/mol. The maximum absolute atomic E-state index is 10.9. The van der Waals surface area contributed by atoms with Gasteiger partial charge in [-0.25, -0.2) is 0 Å². The van der Waals surface area contributed by atoms with E-state index in [2.05, 4.69) is 0 Å². The van der Waals surface area contributed by atoms with Gasteiger partial charge in [-0.05, 0) is 35.7 Å². The third kappa shape index (κ3) is 2.00. The fraction of sp³-hybridized carbons (Fsp3) is 0.0714. The lowest BCUT2D eigenvalue weighted by Gasteiger charge is -2.08. The van der Waals surface area contributed by atoms with E-state index >= 15 is 0 Å². The Morgan fingerprint density at radius 3 is 2.56 bits per heavy atom. The molecule has 0 aliphatic rings. The number of carbonyl (C=O) groups excluding carboxylic acids is 1. The number of aldehydes is 1. The fourth-order valence-corrected chi connectivity index (χ4v) is 1.94. The quantitative estimate of drug-likeness (QED) is 0.709. The number of benzene rings is 2. The summed E-state index contributed by atoms with van der Waals surface area (Å²) >= 11 is 5.95. The van der Waals surface area contributed by atoms with Gasteiger partial charge >= 0.3 is 0 Å². The Hall–Kier alpha value is -1.60. The molecule has 0 aromatic heterocycles. The zero-order valence-corrected chi connectivity index (χ0v) is 9.66. The molecule has 1 nitrogen and oxygen atoms in total. The average Bonchev–Trinajstić information content (AvgIpc) is 2.29. The molecule has 0 aliphatic carbocycles. The van der Waals surface area contributed by atoms with Gasteiger partial charge in [0.15, 0.2) is 0 Å². The zero-order chi connectivity index (χ0) is 11.5. The van der Waals surface area contributed by atoms with E-state index in [-0.39, 0.29) is 0 Å². The maximum Gasteiger partial charge on any atom is 0.150 e. The second-order valence-electron chi connectivity index (χ2n) is 3.65. The van der Waals surface area contributed by atoms with Gasteiger partial charge in [-0.3, -0.25) is 4.79 Å². The van der Waals surface area contributed by atoms with Gasteiger partial charge in [-0.2, -0.15) is 0 Å². The lowest BCUT2D eigenvalue weighted by Crippen LogP contribution is -1.90. The summed E-state index contributed by atoms with van der Waals surface area (Å²) < 4.78 is 0. The third-order valence-corrected chi connectivity index (χ3v) is 2.87. The van der Waals surface area contributed by atoms with Crippen molar-refractivity contribution in [2.24, 2.45) is 0 Å². The van der Waals surface area contributed by atoms with Crippen molar-refractivity contribution in [2.45, 2.75) is 6.92 Å². The molecule has 0 saturated heterocycles. The van der Waals surface area contributed by atoms with Crippen LogP contribution in [0.5, 0.6) is 0 Å². The summed E-state index contributed by atoms with van der Waals surface area (Å²) in [7, 11) is 0. The van der Waals surface area contributed by atoms with Crippen molar-refractivity contribution < 1.29 is 4.79 Å². The minimum absolute atomic E-state index is 0.702. The molecular formula is C14H11ClO. The van der Waals surface area contributed by atoms with Crippen LogP contribution < -0.4 is 0 Å². The van der Waals surface area contributed by atoms with Gasteiger partial charge < -0.3 is 0 Å². The van der Waals surface area contributed by atoms with Gasteiger partial charge in [-0.15, -0.1) is 0 Å². The Morgan fingerprint density at radius 1 is 1.12 bits per heavy atom. The van der Waals surface area contributed by atoms with Gasteiger partial charge in [0.2, 0.25) is 0 Å². The first kappa shape index (κ1) is 10.9. The topological polar surface area (TPSA) is 17.1 Å². The van der Waals surface area contributed by atoms with Crippen molar-refractivity contribution in [3.63, 3.8) is 0 Å². The summed E-state index contributed by atoms with van der Waals surface area (Å²) in [5, 5.41) is 0.702. The van der Waals surface area contributed by atoms with E-state index in [1.807, 2.05) is 49.4 Å². The largest absolute Gasteiger partial charge is 0.298 e. The van der Waals surface area contributed by atoms with Crippen molar-refractivity contribution in [3.8, 4) is 11.1 Å². The van der Waals surface area contributed by atoms with Gasteiger partial charge in [0.1, 0.15) is 6.29 Å². The Balaban J connectivity index is 2.60. The molecule has 0 fully saturated rings. The normalized spacial score (nSPS) is 10.1. The number of halogens is 1. The number of carbonyl (C=O) groups is 1. The van der Waals surface area contributed by atoms with E-state index in [0.29, 0.717) is 5.02 Å². The molecule has 2 rings (SSSR count). The van der Waals surface area contributed by atoms with Crippen LogP contribution in [0.2, 0.25) is 5.02 Å². The smallest absolute Gasteiger partial charge is 0.150 e. The third-order valence-electron chi connectivity index (χ3n) is 2.64. The monoisotopic (exact) mass is 230 g/mol. The van der Waals surface area contributed by atoms with Crippen LogP contribution in [0, 0.1) is 6.92 Å². The Labute approximate surface area is 99.7 Å². The molecule has 80 valence electrons. The summed E-state index contributed by atoms with van der Waals surface area (Å²) in [6, 6.07) is 13.3. The van der Waals surface area contributed by atoms with Crippen molar-refractivity contribution in [1.29, 1.82) is 0 Å². The van der Waals surface area contributed by atoms with Crippen LogP contribution in [-0.2, 0) is 0 Å². The molecule has 0 aliphatic heterocycles. The standard InChI is InChI=1S/C14H11ClO/c1-10-12(9-16)5-3-7-14(10)11-4-2-6-13(15)8-11/h2-9H,1H3. The van der Waals surface area contributed by atoms with Crippen molar-refractivity contribution in [3.05, 3.63) is 58.6 Å². The number of hydrogen-bond acceptors (Lipinski definition) is 1. The van der Waals surface area contributed by atoms with E-state index < -0.39 is 0 Å². The van der Waals surface area contributed by atoms with Crippen LogP contribution in [-0.4, -0.2) is 6.29 Å². The zero-order valence-electron chi connectivity index (χ0n) is 8.91. The van der Waals surface area contributed by atoms with Crippen LogP contribution in [0.3, 0.4) is 0 Å². The highest BCUT2D eigenvalue weighted by Crippen LogP contribution is 2.27. The van der Waals surface area contributed by atoms with E-state index in [9.17, 15) is 4.79 Å². The second-order valence-corrected chi connectivity index (χ2v) is 4.08. The van der Waals surface area contributed by atoms with Crippen LogP contribution >= 0.6 is 11.6 Å². The second kappa shape index (κ2) is 4.50. The highest BCUT2D eigenvalue weighted by Gasteiger charge is 2.05. The van der Waals surface area contributed by atoms with E-state index in [1.165, 1.54) is 0 Å². The molecular weight excluding hydrogens is 220 g/mol. The lowest BCUT2D eigenvalue weighted by atomic mass is 9.97. The van der Waals surface area contributed by atoms with Crippen LogP contribution in [0.25, 0.3) is 11.1 Å². The Bertz CT molecular complexity index is 532. The molecule has 2 aromatic rings. The van der Waals surface area contributed by atoms with Gasteiger partial charge in [0.05, 0.1) is 0 Å². The van der Waals surface area contributed by atoms with Crippen molar-refractivity contribution in [2.75, 3.05) is 0 Å².